The number of aliphatic imine (C=N–C) groups is 1. The van der Waals surface area contributed by atoms with Crippen molar-refractivity contribution in [2.45, 2.75) is 12.0 Å². The van der Waals surface area contributed by atoms with Gasteiger partial charge in [-0.3, -0.25) is 4.99 Å². The minimum Gasteiger partial charge on any atom is -0.457 e. The number of para-hydroxylation sites is 2. The number of nitrogens with zero attached hydrogens (tertiary/aromatic N) is 1. The number of fused-ring (bicyclic) bond motifs is 6. The van der Waals surface area contributed by atoms with Crippen LogP contribution in [0.1, 0.15) is 38.9 Å². The van der Waals surface area contributed by atoms with Gasteiger partial charge in [0, 0.05) is 23.4 Å². The van der Waals surface area contributed by atoms with Gasteiger partial charge in [0.15, 0.2) is 0 Å². The van der Waals surface area contributed by atoms with E-state index in [-0.39, 0.29) is 0 Å². The fraction of sp³-hybridized carbons (Fsp3) is 0.0652. The molecule has 0 atom stereocenters. The number of nitrogens with two attached hydrogens (primary N) is 2. The highest BCUT2D eigenvalue weighted by Gasteiger charge is 2.49. The van der Waals surface area contributed by atoms with Crippen LogP contribution in [0.25, 0.3) is 22.9 Å². The summed E-state index contributed by atoms with van der Waals surface area (Å²) in [7, 11) is 0. The monoisotopic (exact) mass is 647 g/mol. The fourth-order valence-corrected chi connectivity index (χ4v) is 7.25. The van der Waals surface area contributed by atoms with Crippen molar-refractivity contribution in [3.8, 4) is 22.6 Å². The number of benzene rings is 6. The molecule has 6 aromatic rings. The summed E-state index contributed by atoms with van der Waals surface area (Å²) in [6, 6.07) is 52.5. The maximum absolute atomic E-state index is 6.52. The van der Waals surface area contributed by atoms with Gasteiger partial charge in [0.2, 0.25) is 0 Å². The van der Waals surface area contributed by atoms with Crippen LogP contribution in [-0.4, -0.2) is 12.3 Å². The van der Waals surface area contributed by atoms with Gasteiger partial charge in [-0.05, 0) is 74.9 Å². The Morgan fingerprint density at radius 1 is 0.640 bits per heavy atom. The molecule has 4 heteroatoms. The molecular weight excluding hydrogens is 611 g/mol. The lowest BCUT2D eigenvalue weighted by molar-refractivity contribution is 0.436. The molecular formula is C46H37N3O. The van der Waals surface area contributed by atoms with Crippen LogP contribution in [0.5, 0.6) is 11.5 Å². The fourth-order valence-electron chi connectivity index (χ4n) is 7.25. The average molecular weight is 648 g/mol. The molecule has 0 aromatic heterocycles. The third-order valence-electron chi connectivity index (χ3n) is 9.63. The summed E-state index contributed by atoms with van der Waals surface area (Å²) in [5.74, 6) is 1.74. The highest BCUT2D eigenvalue weighted by atomic mass is 16.5. The first-order chi connectivity index (χ1) is 24.6. The van der Waals surface area contributed by atoms with Gasteiger partial charge in [0.05, 0.1) is 17.7 Å². The highest BCUT2D eigenvalue weighted by Crippen LogP contribution is 2.59. The predicted octanol–water partition coefficient (Wildman–Crippen LogP) is 9.69. The van der Waals surface area contributed by atoms with Crippen molar-refractivity contribution in [2.75, 3.05) is 6.54 Å². The summed E-state index contributed by atoms with van der Waals surface area (Å²) < 4.78 is 6.47. The van der Waals surface area contributed by atoms with E-state index >= 15 is 0 Å². The third-order valence-corrected chi connectivity index (χ3v) is 9.63. The lowest BCUT2D eigenvalue weighted by Gasteiger charge is -2.40. The van der Waals surface area contributed by atoms with Gasteiger partial charge in [-0.2, -0.15) is 0 Å². The second-order valence-corrected chi connectivity index (χ2v) is 12.6. The molecule has 0 saturated heterocycles. The van der Waals surface area contributed by atoms with Crippen LogP contribution in [0.15, 0.2) is 180 Å². The van der Waals surface area contributed by atoms with Crippen molar-refractivity contribution in [1.29, 1.82) is 0 Å². The van der Waals surface area contributed by atoms with Crippen molar-refractivity contribution in [3.63, 3.8) is 0 Å². The van der Waals surface area contributed by atoms with Gasteiger partial charge in [0.1, 0.15) is 11.5 Å². The van der Waals surface area contributed by atoms with E-state index in [9.17, 15) is 0 Å². The topological polar surface area (TPSA) is 73.6 Å². The van der Waals surface area contributed by atoms with Crippen LogP contribution in [0.2, 0.25) is 0 Å². The molecule has 1 aliphatic carbocycles. The minimum absolute atomic E-state index is 0.467. The van der Waals surface area contributed by atoms with Crippen molar-refractivity contribution >= 4 is 17.5 Å². The minimum atomic E-state index is -0.528. The summed E-state index contributed by atoms with van der Waals surface area (Å²) in [5.41, 5.74) is 24.8. The Morgan fingerprint density at radius 2 is 1.24 bits per heavy atom. The van der Waals surface area contributed by atoms with Gasteiger partial charge in [0.25, 0.3) is 0 Å². The van der Waals surface area contributed by atoms with Gasteiger partial charge in [-0.1, -0.05) is 146 Å². The molecule has 242 valence electrons. The zero-order valence-corrected chi connectivity index (χ0v) is 27.7. The van der Waals surface area contributed by atoms with E-state index in [0.29, 0.717) is 18.8 Å². The van der Waals surface area contributed by atoms with Gasteiger partial charge in [-0.15, -0.1) is 0 Å². The maximum atomic E-state index is 6.52. The Balaban J connectivity index is 1.16. The Kier molecular flexibility index (Phi) is 8.29. The van der Waals surface area contributed by atoms with Crippen LogP contribution in [-0.2, 0) is 12.0 Å². The molecule has 1 aliphatic heterocycles. The van der Waals surface area contributed by atoms with Crippen molar-refractivity contribution in [1.82, 2.24) is 0 Å². The highest BCUT2D eigenvalue weighted by molar-refractivity contribution is 6.12. The van der Waals surface area contributed by atoms with Crippen LogP contribution < -0.4 is 16.2 Å². The lowest BCUT2D eigenvalue weighted by Crippen LogP contribution is -2.32. The molecule has 0 unspecified atom stereocenters. The number of ether oxygens (including phenoxy) is 1. The molecule has 8 rings (SSSR count). The smallest absolute Gasteiger partial charge is 0.132 e. The number of rotatable bonds is 8. The van der Waals surface area contributed by atoms with E-state index in [1.54, 1.807) is 0 Å². The molecule has 1 spiro atoms. The van der Waals surface area contributed by atoms with Crippen molar-refractivity contribution < 1.29 is 4.74 Å². The second-order valence-electron chi connectivity index (χ2n) is 12.6. The summed E-state index contributed by atoms with van der Waals surface area (Å²) in [4.78, 5) is 5.04. The lowest BCUT2D eigenvalue weighted by atomic mass is 9.65. The van der Waals surface area contributed by atoms with E-state index in [4.69, 9.17) is 21.2 Å². The Morgan fingerprint density at radius 3 is 1.90 bits per heavy atom. The average Bonchev–Trinajstić information content (AvgIpc) is 3.50. The largest absolute Gasteiger partial charge is 0.457 e. The zero-order valence-electron chi connectivity index (χ0n) is 27.7. The van der Waals surface area contributed by atoms with Crippen molar-refractivity contribution in [3.05, 3.63) is 214 Å². The molecule has 0 radical (unpaired) electrons. The third kappa shape index (κ3) is 5.56. The standard InChI is InChI=1S/C46H37N3O/c47-27-11-16-38-28-37-26-25-36(29-41(37)46(38)39-17-7-9-19-44(39)50-45-20-10-8-18-40(45)46)33-23-21-32(22-24-33)31-49-43(35-14-5-2-6-15-35)30-42(48)34-12-3-1-4-13-34/h1-26,28-30H,27,31,47-48H2/b16-11-,42-30-,49-43?. The van der Waals surface area contributed by atoms with E-state index in [2.05, 4.69) is 103 Å². The number of hydrogen-bond donors (Lipinski definition) is 2. The molecule has 1 heterocycles. The summed E-state index contributed by atoms with van der Waals surface area (Å²) >= 11 is 0. The predicted molar refractivity (Wildman–Crippen MR) is 206 cm³/mol. The Bertz CT molecular complexity index is 2250. The Hall–Kier alpha value is -6.23. The van der Waals surface area contributed by atoms with E-state index in [1.807, 2.05) is 72.8 Å². The molecule has 2 aliphatic rings. The summed E-state index contributed by atoms with van der Waals surface area (Å²) in [6.07, 6.45) is 8.49. The second kappa shape index (κ2) is 13.3. The molecule has 50 heavy (non-hydrogen) atoms. The molecule has 0 amide bonds. The molecule has 4 nitrogen and oxygen atoms in total. The molecule has 0 fully saturated rings. The quantitative estimate of drug-likeness (QED) is 0.162. The van der Waals surface area contributed by atoms with Crippen molar-refractivity contribution in [2.24, 2.45) is 16.5 Å². The van der Waals surface area contributed by atoms with Gasteiger partial charge >= 0.3 is 0 Å². The van der Waals surface area contributed by atoms with E-state index < -0.39 is 5.41 Å². The number of allylic oxidation sites excluding steroid dienone is 3. The first-order valence-corrected chi connectivity index (χ1v) is 17.0. The zero-order chi connectivity index (χ0) is 33.9. The van der Waals surface area contributed by atoms with Gasteiger partial charge in [-0.25, -0.2) is 0 Å². The summed E-state index contributed by atoms with van der Waals surface area (Å²) in [5, 5.41) is 0. The number of hydrogen-bond acceptors (Lipinski definition) is 4. The van der Waals surface area contributed by atoms with Crippen LogP contribution >= 0.6 is 0 Å². The first kappa shape index (κ1) is 31.1. The molecule has 0 bridgehead atoms. The van der Waals surface area contributed by atoms with E-state index in [1.165, 1.54) is 16.7 Å². The first-order valence-electron chi connectivity index (χ1n) is 17.0. The Labute approximate surface area is 293 Å². The molecule has 6 aromatic carbocycles. The van der Waals surface area contributed by atoms with Gasteiger partial charge < -0.3 is 16.2 Å². The van der Waals surface area contributed by atoms with Crippen LogP contribution in [0.3, 0.4) is 0 Å². The maximum Gasteiger partial charge on any atom is 0.132 e. The van der Waals surface area contributed by atoms with Crippen LogP contribution in [0.4, 0.5) is 0 Å². The van der Waals surface area contributed by atoms with Crippen LogP contribution in [0, 0.1) is 0 Å². The normalized spacial score (nSPS) is 14.5. The SMILES string of the molecule is NC/C=C\C1=Cc2ccc(-c3ccc(CN=C(/C=C(\N)c4ccccc4)c4ccccc4)cc3)cc2C12c1ccccc1Oc1ccccc12. The summed E-state index contributed by atoms with van der Waals surface area (Å²) in [6.45, 7) is 0.999. The molecule has 0 saturated carbocycles. The van der Waals surface area contributed by atoms with E-state index in [0.717, 1.165) is 56.2 Å². The molecule has 4 N–H and O–H groups in total.